The fraction of sp³-hybridized carbons (Fsp3) is 0.364. The Labute approximate surface area is 161 Å². The summed E-state index contributed by atoms with van der Waals surface area (Å²) in [4.78, 5) is 25.2. The molecule has 0 aliphatic heterocycles. The summed E-state index contributed by atoms with van der Waals surface area (Å²) in [6, 6.07) is 18.0. The maximum absolute atomic E-state index is 12.7. The van der Waals surface area contributed by atoms with Gasteiger partial charge in [0, 0.05) is 13.0 Å². The van der Waals surface area contributed by atoms with Crippen molar-refractivity contribution in [3.05, 3.63) is 71.8 Å². The third-order valence-electron chi connectivity index (χ3n) is 4.29. The molecule has 5 heteroatoms. The van der Waals surface area contributed by atoms with E-state index in [4.69, 9.17) is 5.73 Å². The number of carbonyl (C=O) groups is 2. The molecule has 0 heterocycles. The second-order valence-corrected chi connectivity index (χ2v) is 7.19. The lowest BCUT2D eigenvalue weighted by Crippen LogP contribution is -2.52. The largest absolute Gasteiger partial charge is 0.350 e. The molecule has 27 heavy (non-hydrogen) atoms. The zero-order valence-electron chi connectivity index (χ0n) is 16.0. The maximum atomic E-state index is 12.7. The highest BCUT2D eigenvalue weighted by atomic mass is 16.2. The first-order valence-electron chi connectivity index (χ1n) is 9.37. The summed E-state index contributed by atoms with van der Waals surface area (Å²) in [6.07, 6.45) is 0.997. The molecule has 0 bridgehead atoms. The highest BCUT2D eigenvalue weighted by Crippen LogP contribution is 2.07. The quantitative estimate of drug-likeness (QED) is 0.636. The van der Waals surface area contributed by atoms with Crippen LogP contribution in [0, 0.1) is 5.92 Å². The molecule has 0 saturated carbocycles. The molecule has 0 spiro atoms. The van der Waals surface area contributed by atoms with Gasteiger partial charge in [-0.25, -0.2) is 0 Å². The van der Waals surface area contributed by atoms with Gasteiger partial charge in [-0.15, -0.1) is 0 Å². The van der Waals surface area contributed by atoms with E-state index in [0.29, 0.717) is 25.3 Å². The van der Waals surface area contributed by atoms with Gasteiger partial charge in [0.25, 0.3) is 0 Å². The third-order valence-corrected chi connectivity index (χ3v) is 4.29. The molecule has 4 N–H and O–H groups in total. The van der Waals surface area contributed by atoms with E-state index in [0.717, 1.165) is 11.1 Å². The Kier molecular flexibility index (Phi) is 8.01. The number of amides is 2. The molecule has 2 amide bonds. The number of hydrogen-bond acceptors (Lipinski definition) is 3. The molecule has 144 valence electrons. The van der Waals surface area contributed by atoms with Crippen LogP contribution in [-0.4, -0.2) is 23.9 Å². The summed E-state index contributed by atoms with van der Waals surface area (Å²) in [7, 11) is 0. The van der Waals surface area contributed by atoms with Gasteiger partial charge in [-0.2, -0.15) is 0 Å². The van der Waals surface area contributed by atoms with E-state index in [1.54, 1.807) is 0 Å². The van der Waals surface area contributed by atoms with Crippen molar-refractivity contribution in [2.75, 3.05) is 0 Å². The Morgan fingerprint density at radius 2 is 1.44 bits per heavy atom. The molecule has 2 aromatic carbocycles. The first kappa shape index (κ1) is 20.6. The highest BCUT2D eigenvalue weighted by molar-refractivity contribution is 5.89. The Morgan fingerprint density at radius 3 is 2.00 bits per heavy atom. The van der Waals surface area contributed by atoms with Crippen LogP contribution in [-0.2, 0) is 22.6 Å². The van der Waals surface area contributed by atoms with Crippen LogP contribution in [0.1, 0.15) is 31.4 Å². The Balaban J connectivity index is 2.03. The van der Waals surface area contributed by atoms with Crippen LogP contribution >= 0.6 is 0 Å². The molecule has 0 radical (unpaired) electrons. The van der Waals surface area contributed by atoms with E-state index < -0.39 is 12.1 Å². The zero-order chi connectivity index (χ0) is 19.6. The second kappa shape index (κ2) is 10.5. The molecule has 0 aliphatic rings. The lowest BCUT2D eigenvalue weighted by atomic mass is 10.0. The molecular formula is C22H29N3O2. The van der Waals surface area contributed by atoms with E-state index in [1.807, 2.05) is 74.5 Å². The third kappa shape index (κ3) is 7.23. The number of benzene rings is 2. The minimum atomic E-state index is -0.665. The van der Waals surface area contributed by atoms with Gasteiger partial charge in [-0.05, 0) is 23.5 Å². The van der Waals surface area contributed by atoms with Crippen LogP contribution < -0.4 is 16.4 Å². The van der Waals surface area contributed by atoms with Crippen molar-refractivity contribution >= 4 is 11.8 Å². The van der Waals surface area contributed by atoms with Crippen molar-refractivity contribution in [2.24, 2.45) is 11.7 Å². The van der Waals surface area contributed by atoms with Crippen LogP contribution in [0.15, 0.2) is 60.7 Å². The fourth-order valence-electron chi connectivity index (χ4n) is 2.86. The molecule has 0 fully saturated rings. The SMILES string of the molecule is CC(C)C[C@@H](N)C(=O)N[C@@H](Cc1ccccc1)C(=O)NCc1ccccc1. The van der Waals surface area contributed by atoms with E-state index in [1.165, 1.54) is 0 Å². The van der Waals surface area contributed by atoms with Crippen LogP contribution in [0.5, 0.6) is 0 Å². The minimum absolute atomic E-state index is 0.215. The van der Waals surface area contributed by atoms with Gasteiger partial charge in [-0.3, -0.25) is 9.59 Å². The molecule has 5 nitrogen and oxygen atoms in total. The summed E-state index contributed by atoms with van der Waals surface area (Å²) in [5.74, 6) is -0.197. The van der Waals surface area contributed by atoms with E-state index >= 15 is 0 Å². The summed E-state index contributed by atoms with van der Waals surface area (Å²) in [6.45, 7) is 4.45. The van der Waals surface area contributed by atoms with Gasteiger partial charge in [0.05, 0.1) is 6.04 Å². The Hall–Kier alpha value is -2.66. The van der Waals surface area contributed by atoms with Gasteiger partial charge in [0.1, 0.15) is 6.04 Å². The first-order valence-corrected chi connectivity index (χ1v) is 9.37. The molecule has 0 unspecified atom stereocenters. The molecule has 2 atom stereocenters. The summed E-state index contributed by atoms with van der Waals surface area (Å²) >= 11 is 0. The van der Waals surface area contributed by atoms with Gasteiger partial charge in [0.2, 0.25) is 11.8 Å². The van der Waals surface area contributed by atoms with Crippen molar-refractivity contribution in [1.29, 1.82) is 0 Å². The van der Waals surface area contributed by atoms with Gasteiger partial charge < -0.3 is 16.4 Å². The predicted molar refractivity (Wildman–Crippen MR) is 108 cm³/mol. The van der Waals surface area contributed by atoms with E-state index in [-0.39, 0.29) is 11.8 Å². The molecular weight excluding hydrogens is 338 g/mol. The second-order valence-electron chi connectivity index (χ2n) is 7.19. The standard InChI is InChI=1S/C22H29N3O2/c1-16(2)13-19(23)21(26)25-20(14-17-9-5-3-6-10-17)22(27)24-15-18-11-7-4-8-12-18/h3-12,16,19-20H,13-15,23H2,1-2H3,(H,24,27)(H,25,26)/t19-,20+/m1/s1. The zero-order valence-corrected chi connectivity index (χ0v) is 16.0. The van der Waals surface area contributed by atoms with Gasteiger partial charge in [0.15, 0.2) is 0 Å². The normalized spacial score (nSPS) is 13.0. The topological polar surface area (TPSA) is 84.2 Å². The molecule has 0 saturated heterocycles. The first-order chi connectivity index (χ1) is 13.0. The van der Waals surface area contributed by atoms with Crippen LogP contribution in [0.25, 0.3) is 0 Å². The Bertz CT molecular complexity index is 717. The number of rotatable bonds is 9. The molecule has 0 aliphatic carbocycles. The van der Waals surface area contributed by atoms with Crippen molar-refractivity contribution in [1.82, 2.24) is 10.6 Å². The molecule has 2 rings (SSSR count). The van der Waals surface area contributed by atoms with Crippen LogP contribution in [0.3, 0.4) is 0 Å². The average molecular weight is 367 g/mol. The lowest BCUT2D eigenvalue weighted by Gasteiger charge is -2.21. The molecule has 0 aromatic heterocycles. The summed E-state index contributed by atoms with van der Waals surface area (Å²) in [5, 5.41) is 5.74. The highest BCUT2D eigenvalue weighted by Gasteiger charge is 2.24. The van der Waals surface area contributed by atoms with Crippen molar-refractivity contribution in [3.63, 3.8) is 0 Å². The number of nitrogens with one attached hydrogen (secondary N) is 2. The van der Waals surface area contributed by atoms with E-state index in [9.17, 15) is 9.59 Å². The van der Waals surface area contributed by atoms with Crippen molar-refractivity contribution < 1.29 is 9.59 Å². The van der Waals surface area contributed by atoms with Crippen molar-refractivity contribution in [3.8, 4) is 0 Å². The van der Waals surface area contributed by atoms with Gasteiger partial charge >= 0.3 is 0 Å². The van der Waals surface area contributed by atoms with Crippen LogP contribution in [0.4, 0.5) is 0 Å². The fourth-order valence-corrected chi connectivity index (χ4v) is 2.86. The Morgan fingerprint density at radius 1 is 0.889 bits per heavy atom. The number of hydrogen-bond donors (Lipinski definition) is 3. The van der Waals surface area contributed by atoms with Crippen molar-refractivity contribution in [2.45, 2.75) is 45.3 Å². The predicted octanol–water partition coefficient (Wildman–Crippen LogP) is 2.40. The summed E-state index contributed by atoms with van der Waals surface area (Å²) in [5.41, 5.74) is 7.97. The van der Waals surface area contributed by atoms with Crippen LogP contribution in [0.2, 0.25) is 0 Å². The van der Waals surface area contributed by atoms with Gasteiger partial charge in [-0.1, -0.05) is 74.5 Å². The molecule has 2 aromatic rings. The maximum Gasteiger partial charge on any atom is 0.243 e. The smallest absolute Gasteiger partial charge is 0.243 e. The lowest BCUT2D eigenvalue weighted by molar-refractivity contribution is -0.129. The number of carbonyl (C=O) groups excluding carboxylic acids is 2. The number of nitrogens with two attached hydrogens (primary N) is 1. The minimum Gasteiger partial charge on any atom is -0.350 e. The van der Waals surface area contributed by atoms with E-state index in [2.05, 4.69) is 10.6 Å². The summed E-state index contributed by atoms with van der Waals surface area (Å²) < 4.78 is 0. The monoisotopic (exact) mass is 367 g/mol. The average Bonchev–Trinajstić information content (AvgIpc) is 2.66.